The number of ether oxygens (including phenoxy) is 1. The maximum Gasteiger partial charge on any atom is 0.0748 e. The fourth-order valence-electron chi connectivity index (χ4n) is 1.58. The lowest BCUT2D eigenvalue weighted by molar-refractivity contribution is -0.0603. The minimum absolute atomic E-state index is 0.259. The number of nitrogens with one attached hydrogen (secondary N) is 1. The van der Waals surface area contributed by atoms with Gasteiger partial charge in [0, 0.05) is 12.6 Å². The average Bonchev–Trinajstić information content (AvgIpc) is 2.03. The summed E-state index contributed by atoms with van der Waals surface area (Å²) in [5.41, 5.74) is 0.259. The van der Waals surface area contributed by atoms with Crippen LogP contribution in [0.2, 0.25) is 0 Å². The second-order valence-electron chi connectivity index (χ2n) is 5.45. The third kappa shape index (κ3) is 2.96. The third-order valence-electron chi connectivity index (χ3n) is 2.81. The molecule has 2 atom stereocenters. The fraction of sp³-hybridized carbons (Fsp3) is 1.00. The van der Waals surface area contributed by atoms with Gasteiger partial charge in [0.1, 0.15) is 0 Å². The van der Waals surface area contributed by atoms with Crippen molar-refractivity contribution in [2.24, 2.45) is 11.3 Å². The van der Waals surface area contributed by atoms with Gasteiger partial charge in [0.25, 0.3) is 0 Å². The minimum Gasteiger partial charge on any atom is -0.375 e. The van der Waals surface area contributed by atoms with Gasteiger partial charge in [-0.25, -0.2) is 0 Å². The van der Waals surface area contributed by atoms with E-state index < -0.39 is 0 Å². The van der Waals surface area contributed by atoms with Crippen molar-refractivity contribution in [2.45, 2.75) is 46.8 Å². The maximum absolute atomic E-state index is 5.85. The largest absolute Gasteiger partial charge is 0.375 e. The summed E-state index contributed by atoms with van der Waals surface area (Å²) in [6.45, 7) is 13.0. The highest BCUT2D eigenvalue weighted by molar-refractivity contribution is 4.84. The van der Waals surface area contributed by atoms with Crippen molar-refractivity contribution in [3.05, 3.63) is 0 Å². The molecule has 0 aromatic heterocycles. The summed E-state index contributed by atoms with van der Waals surface area (Å²) in [7, 11) is 0. The van der Waals surface area contributed by atoms with Crippen LogP contribution in [-0.2, 0) is 4.74 Å². The summed E-state index contributed by atoms with van der Waals surface area (Å²) in [6.07, 6.45) is 0.363. The Labute approximate surface area is 82.0 Å². The predicted octanol–water partition coefficient (Wildman–Crippen LogP) is 2.05. The highest BCUT2D eigenvalue weighted by Gasteiger charge is 2.30. The molecular weight excluding hydrogens is 162 g/mol. The molecule has 2 nitrogen and oxygen atoms in total. The van der Waals surface area contributed by atoms with E-state index in [1.165, 1.54) is 0 Å². The summed E-state index contributed by atoms with van der Waals surface area (Å²) in [5.74, 6) is 0.668. The summed E-state index contributed by atoms with van der Waals surface area (Å²) < 4.78 is 5.85. The van der Waals surface area contributed by atoms with Gasteiger partial charge in [-0.05, 0) is 11.3 Å². The van der Waals surface area contributed by atoms with Crippen LogP contribution in [0.5, 0.6) is 0 Å². The molecule has 0 aliphatic carbocycles. The van der Waals surface area contributed by atoms with Crippen LogP contribution in [0, 0.1) is 11.3 Å². The van der Waals surface area contributed by atoms with E-state index in [1.807, 2.05) is 0 Å². The topological polar surface area (TPSA) is 21.3 Å². The summed E-state index contributed by atoms with van der Waals surface area (Å²) in [6, 6.07) is 0.540. The van der Waals surface area contributed by atoms with Crippen molar-refractivity contribution in [1.82, 2.24) is 5.32 Å². The first-order chi connectivity index (χ1) is 5.91. The Morgan fingerprint density at radius 2 is 1.92 bits per heavy atom. The van der Waals surface area contributed by atoms with Crippen LogP contribution in [0.1, 0.15) is 34.6 Å². The number of hydrogen-bond acceptors (Lipinski definition) is 2. The molecule has 1 N–H and O–H groups in total. The quantitative estimate of drug-likeness (QED) is 0.675. The molecule has 1 heterocycles. The van der Waals surface area contributed by atoms with Crippen LogP contribution in [0.3, 0.4) is 0 Å². The molecule has 78 valence electrons. The van der Waals surface area contributed by atoms with Crippen molar-refractivity contribution < 1.29 is 4.74 Å². The average molecular weight is 185 g/mol. The van der Waals surface area contributed by atoms with Crippen LogP contribution in [0.15, 0.2) is 0 Å². The van der Waals surface area contributed by atoms with E-state index in [0.29, 0.717) is 18.1 Å². The zero-order valence-corrected chi connectivity index (χ0v) is 9.55. The van der Waals surface area contributed by atoms with Crippen LogP contribution in [0.25, 0.3) is 0 Å². The fourth-order valence-corrected chi connectivity index (χ4v) is 1.58. The molecule has 0 spiro atoms. The predicted molar refractivity (Wildman–Crippen MR) is 55.8 cm³/mol. The second-order valence-corrected chi connectivity index (χ2v) is 5.45. The van der Waals surface area contributed by atoms with Gasteiger partial charge < -0.3 is 10.1 Å². The SMILES string of the molecule is CC(C)C1COC(C(C)(C)C)CN1. The van der Waals surface area contributed by atoms with Gasteiger partial charge in [0.15, 0.2) is 0 Å². The molecule has 0 radical (unpaired) electrons. The Kier molecular flexibility index (Phi) is 3.36. The molecule has 1 saturated heterocycles. The zero-order chi connectivity index (χ0) is 10.1. The van der Waals surface area contributed by atoms with E-state index in [4.69, 9.17) is 4.74 Å². The Bertz CT molecular complexity index is 152. The van der Waals surface area contributed by atoms with E-state index in [0.717, 1.165) is 13.2 Å². The van der Waals surface area contributed by atoms with E-state index in [2.05, 4.69) is 39.9 Å². The third-order valence-corrected chi connectivity index (χ3v) is 2.81. The van der Waals surface area contributed by atoms with Crippen molar-refractivity contribution in [3.8, 4) is 0 Å². The van der Waals surface area contributed by atoms with Crippen molar-refractivity contribution >= 4 is 0 Å². The zero-order valence-electron chi connectivity index (χ0n) is 9.55. The van der Waals surface area contributed by atoms with Crippen LogP contribution in [-0.4, -0.2) is 25.3 Å². The Morgan fingerprint density at radius 3 is 2.23 bits per heavy atom. The van der Waals surface area contributed by atoms with Gasteiger partial charge in [-0.2, -0.15) is 0 Å². The Hall–Kier alpha value is -0.0800. The van der Waals surface area contributed by atoms with Crippen LogP contribution in [0.4, 0.5) is 0 Å². The molecule has 0 saturated carbocycles. The standard InChI is InChI=1S/C11H23NO/c1-8(2)9-7-13-10(6-12-9)11(3,4)5/h8-10,12H,6-7H2,1-5H3. The summed E-state index contributed by atoms with van der Waals surface area (Å²) in [4.78, 5) is 0. The summed E-state index contributed by atoms with van der Waals surface area (Å²) in [5, 5.41) is 3.55. The second kappa shape index (κ2) is 3.97. The smallest absolute Gasteiger partial charge is 0.0748 e. The monoisotopic (exact) mass is 185 g/mol. The molecule has 2 heteroatoms. The first kappa shape index (κ1) is 11.0. The normalized spacial score (nSPS) is 30.9. The first-order valence-corrected chi connectivity index (χ1v) is 5.26. The molecule has 0 amide bonds. The minimum atomic E-state index is 0.259. The van der Waals surface area contributed by atoms with Crippen molar-refractivity contribution in [3.63, 3.8) is 0 Å². The van der Waals surface area contributed by atoms with Gasteiger partial charge in [-0.3, -0.25) is 0 Å². The molecular formula is C11H23NO. The molecule has 2 unspecified atom stereocenters. The van der Waals surface area contributed by atoms with Crippen molar-refractivity contribution in [1.29, 1.82) is 0 Å². The Morgan fingerprint density at radius 1 is 1.31 bits per heavy atom. The lowest BCUT2D eigenvalue weighted by atomic mass is 9.87. The van der Waals surface area contributed by atoms with Crippen LogP contribution >= 0.6 is 0 Å². The Balaban J connectivity index is 2.39. The van der Waals surface area contributed by atoms with E-state index in [1.54, 1.807) is 0 Å². The molecule has 1 fully saturated rings. The molecule has 13 heavy (non-hydrogen) atoms. The number of hydrogen-bond donors (Lipinski definition) is 1. The van der Waals surface area contributed by atoms with E-state index in [-0.39, 0.29) is 5.41 Å². The van der Waals surface area contributed by atoms with Gasteiger partial charge >= 0.3 is 0 Å². The molecule has 0 bridgehead atoms. The summed E-state index contributed by atoms with van der Waals surface area (Å²) >= 11 is 0. The lowest BCUT2D eigenvalue weighted by Crippen LogP contribution is -2.52. The van der Waals surface area contributed by atoms with Gasteiger partial charge in [-0.15, -0.1) is 0 Å². The van der Waals surface area contributed by atoms with Crippen molar-refractivity contribution in [2.75, 3.05) is 13.2 Å². The lowest BCUT2D eigenvalue weighted by Gasteiger charge is -2.39. The highest BCUT2D eigenvalue weighted by Crippen LogP contribution is 2.24. The van der Waals surface area contributed by atoms with Gasteiger partial charge in [0.2, 0.25) is 0 Å². The van der Waals surface area contributed by atoms with E-state index in [9.17, 15) is 0 Å². The molecule has 0 aromatic rings. The molecule has 1 aliphatic heterocycles. The van der Waals surface area contributed by atoms with Gasteiger partial charge in [0.05, 0.1) is 12.7 Å². The first-order valence-electron chi connectivity index (χ1n) is 5.26. The van der Waals surface area contributed by atoms with E-state index >= 15 is 0 Å². The van der Waals surface area contributed by atoms with Crippen LogP contribution < -0.4 is 5.32 Å². The van der Waals surface area contributed by atoms with Gasteiger partial charge in [-0.1, -0.05) is 34.6 Å². The molecule has 1 aliphatic rings. The maximum atomic E-state index is 5.85. The molecule has 1 rings (SSSR count). The highest BCUT2D eigenvalue weighted by atomic mass is 16.5. The number of rotatable bonds is 1. The number of morpholine rings is 1. The molecule has 0 aromatic carbocycles.